The van der Waals surface area contributed by atoms with Gasteiger partial charge in [0.05, 0.1) is 17.0 Å². The molecule has 1 aromatic rings. The predicted molar refractivity (Wildman–Crippen MR) is 71.4 cm³/mol. The summed E-state index contributed by atoms with van der Waals surface area (Å²) in [6.45, 7) is 3.15. The first-order chi connectivity index (χ1) is 8.39. The normalized spacial score (nSPS) is 24.0. The van der Waals surface area contributed by atoms with Gasteiger partial charge in [0, 0.05) is 18.7 Å². The van der Waals surface area contributed by atoms with E-state index in [-0.39, 0.29) is 0 Å². The third-order valence-corrected chi connectivity index (χ3v) is 3.33. The molecule has 1 fully saturated rings. The highest BCUT2D eigenvalue weighted by atomic mass is 16.3. The number of carbonyl (C=O) groups is 1. The number of primary amides is 1. The molecule has 1 aliphatic rings. The summed E-state index contributed by atoms with van der Waals surface area (Å²) in [6, 6.07) is 4.99. The maximum Gasteiger partial charge on any atom is 0.248 e. The molecule has 18 heavy (non-hydrogen) atoms. The zero-order valence-corrected chi connectivity index (χ0v) is 10.5. The van der Waals surface area contributed by atoms with Gasteiger partial charge in [0.25, 0.3) is 0 Å². The monoisotopic (exact) mass is 249 g/mol. The van der Waals surface area contributed by atoms with Crippen LogP contribution in [0, 0.1) is 0 Å². The van der Waals surface area contributed by atoms with Crippen molar-refractivity contribution in [2.24, 2.45) is 5.73 Å². The number of amides is 1. The number of nitrogen functional groups attached to an aromatic ring is 1. The van der Waals surface area contributed by atoms with Crippen LogP contribution in [0.2, 0.25) is 0 Å². The molecule has 1 aliphatic heterocycles. The Bertz CT molecular complexity index is 471. The van der Waals surface area contributed by atoms with Crippen molar-refractivity contribution in [2.45, 2.75) is 25.4 Å². The lowest BCUT2D eigenvalue weighted by molar-refractivity contribution is 0.0450. The SMILES string of the molecule is CC1(O)CCCN(c2cc(C(N)=O)ccc2N)C1. The van der Waals surface area contributed by atoms with E-state index < -0.39 is 11.5 Å². The second kappa shape index (κ2) is 4.49. The molecule has 0 spiro atoms. The molecular weight excluding hydrogens is 230 g/mol. The van der Waals surface area contributed by atoms with Crippen molar-refractivity contribution >= 4 is 17.3 Å². The summed E-state index contributed by atoms with van der Waals surface area (Å²) in [6.07, 6.45) is 1.67. The van der Waals surface area contributed by atoms with Gasteiger partial charge in [-0.3, -0.25) is 4.79 Å². The Balaban J connectivity index is 2.32. The Morgan fingerprint density at radius 2 is 2.22 bits per heavy atom. The van der Waals surface area contributed by atoms with E-state index in [1.165, 1.54) is 0 Å². The van der Waals surface area contributed by atoms with Gasteiger partial charge in [-0.05, 0) is 38.0 Å². The average Bonchev–Trinajstić information content (AvgIpc) is 2.27. The Labute approximate surface area is 106 Å². The highest BCUT2D eigenvalue weighted by molar-refractivity contribution is 5.95. The van der Waals surface area contributed by atoms with Gasteiger partial charge < -0.3 is 21.5 Å². The number of benzene rings is 1. The molecular formula is C13H19N3O2. The van der Waals surface area contributed by atoms with Crippen molar-refractivity contribution in [1.29, 1.82) is 0 Å². The van der Waals surface area contributed by atoms with Crippen LogP contribution in [0.15, 0.2) is 18.2 Å². The zero-order valence-electron chi connectivity index (χ0n) is 10.5. The van der Waals surface area contributed by atoms with Gasteiger partial charge in [0.2, 0.25) is 5.91 Å². The summed E-state index contributed by atoms with van der Waals surface area (Å²) in [4.78, 5) is 13.2. The van der Waals surface area contributed by atoms with Crippen molar-refractivity contribution in [3.05, 3.63) is 23.8 Å². The Kier molecular flexibility index (Phi) is 3.17. The van der Waals surface area contributed by atoms with Gasteiger partial charge in [0.15, 0.2) is 0 Å². The first-order valence-corrected chi connectivity index (χ1v) is 6.06. The summed E-state index contributed by atoms with van der Waals surface area (Å²) in [7, 11) is 0. The number of anilines is 2. The van der Waals surface area contributed by atoms with Crippen molar-refractivity contribution in [2.75, 3.05) is 23.7 Å². The van der Waals surface area contributed by atoms with E-state index in [1.807, 2.05) is 11.8 Å². The summed E-state index contributed by atoms with van der Waals surface area (Å²) >= 11 is 0. The van der Waals surface area contributed by atoms with Crippen molar-refractivity contribution in [3.63, 3.8) is 0 Å². The number of piperidine rings is 1. The van der Waals surface area contributed by atoms with Crippen molar-refractivity contribution < 1.29 is 9.90 Å². The molecule has 1 unspecified atom stereocenters. The van der Waals surface area contributed by atoms with Gasteiger partial charge in [-0.2, -0.15) is 0 Å². The minimum Gasteiger partial charge on any atom is -0.397 e. The van der Waals surface area contributed by atoms with E-state index >= 15 is 0 Å². The summed E-state index contributed by atoms with van der Waals surface area (Å²) in [5.74, 6) is -0.472. The van der Waals surface area contributed by atoms with Crippen molar-refractivity contribution in [1.82, 2.24) is 0 Å². The minimum absolute atomic E-state index is 0.435. The number of hydrogen-bond acceptors (Lipinski definition) is 4. The molecule has 1 atom stereocenters. The van der Waals surface area contributed by atoms with E-state index in [0.29, 0.717) is 17.8 Å². The fraction of sp³-hybridized carbons (Fsp3) is 0.462. The van der Waals surface area contributed by atoms with Gasteiger partial charge in [-0.15, -0.1) is 0 Å². The van der Waals surface area contributed by atoms with Crippen LogP contribution in [0.1, 0.15) is 30.1 Å². The fourth-order valence-corrected chi connectivity index (χ4v) is 2.40. The fourth-order valence-electron chi connectivity index (χ4n) is 2.40. The molecule has 5 nitrogen and oxygen atoms in total. The first-order valence-electron chi connectivity index (χ1n) is 6.06. The molecule has 2 rings (SSSR count). The van der Waals surface area contributed by atoms with Gasteiger partial charge in [0.1, 0.15) is 0 Å². The molecule has 5 heteroatoms. The molecule has 98 valence electrons. The van der Waals surface area contributed by atoms with Gasteiger partial charge in [-0.1, -0.05) is 0 Å². The van der Waals surface area contributed by atoms with Crippen LogP contribution in [0.25, 0.3) is 0 Å². The molecule has 0 aliphatic carbocycles. The second-order valence-corrected chi connectivity index (χ2v) is 5.16. The standard InChI is InChI=1S/C13H19N3O2/c1-13(18)5-2-6-16(8-13)11-7-9(12(15)17)3-4-10(11)14/h3-4,7,18H,2,5-6,8,14H2,1H3,(H2,15,17). The van der Waals surface area contributed by atoms with E-state index in [4.69, 9.17) is 11.5 Å². The zero-order chi connectivity index (χ0) is 13.3. The highest BCUT2D eigenvalue weighted by Crippen LogP contribution is 2.30. The number of rotatable bonds is 2. The van der Waals surface area contributed by atoms with Crippen LogP contribution < -0.4 is 16.4 Å². The van der Waals surface area contributed by atoms with Crippen LogP contribution in [-0.4, -0.2) is 29.7 Å². The number of β-amino-alcohol motifs (C(OH)–C–C–N with tert-alkyl or cyclic N) is 1. The second-order valence-electron chi connectivity index (χ2n) is 5.16. The van der Waals surface area contributed by atoms with Crippen LogP contribution in [0.4, 0.5) is 11.4 Å². The lowest BCUT2D eigenvalue weighted by atomic mass is 9.94. The Morgan fingerprint density at radius 1 is 1.50 bits per heavy atom. The minimum atomic E-state index is -0.715. The third-order valence-electron chi connectivity index (χ3n) is 3.33. The molecule has 5 N–H and O–H groups in total. The number of nitrogens with two attached hydrogens (primary N) is 2. The van der Waals surface area contributed by atoms with Crippen LogP contribution in [0.5, 0.6) is 0 Å². The van der Waals surface area contributed by atoms with Crippen LogP contribution >= 0.6 is 0 Å². The molecule has 0 saturated carbocycles. The first kappa shape index (κ1) is 12.7. The quantitative estimate of drug-likeness (QED) is 0.673. The molecule has 0 aromatic heterocycles. The average molecular weight is 249 g/mol. The van der Waals surface area contributed by atoms with E-state index in [2.05, 4.69) is 0 Å². The molecule has 1 aromatic carbocycles. The van der Waals surface area contributed by atoms with Gasteiger partial charge in [-0.25, -0.2) is 0 Å². The van der Waals surface area contributed by atoms with E-state index in [9.17, 15) is 9.90 Å². The predicted octanol–water partition coefficient (Wildman–Crippen LogP) is 0.719. The smallest absolute Gasteiger partial charge is 0.248 e. The number of aliphatic hydroxyl groups is 1. The van der Waals surface area contributed by atoms with Crippen molar-refractivity contribution in [3.8, 4) is 0 Å². The molecule has 1 amide bonds. The lowest BCUT2D eigenvalue weighted by Crippen LogP contribution is -2.46. The molecule has 0 radical (unpaired) electrons. The molecule has 1 heterocycles. The van der Waals surface area contributed by atoms with Crippen LogP contribution in [-0.2, 0) is 0 Å². The lowest BCUT2D eigenvalue weighted by Gasteiger charge is -2.38. The number of nitrogens with zero attached hydrogens (tertiary/aromatic N) is 1. The Morgan fingerprint density at radius 3 is 2.83 bits per heavy atom. The summed E-state index contributed by atoms with van der Waals surface area (Å²) in [5, 5.41) is 10.1. The highest BCUT2D eigenvalue weighted by Gasteiger charge is 2.29. The van der Waals surface area contributed by atoms with E-state index in [0.717, 1.165) is 25.1 Å². The summed E-state index contributed by atoms with van der Waals surface area (Å²) < 4.78 is 0. The third kappa shape index (κ3) is 2.56. The van der Waals surface area contributed by atoms with E-state index in [1.54, 1.807) is 18.2 Å². The molecule has 0 bridgehead atoms. The number of carbonyl (C=O) groups excluding carboxylic acids is 1. The largest absolute Gasteiger partial charge is 0.397 e. The van der Waals surface area contributed by atoms with Crippen LogP contribution in [0.3, 0.4) is 0 Å². The number of hydrogen-bond donors (Lipinski definition) is 3. The maximum atomic E-state index is 11.2. The topological polar surface area (TPSA) is 92.6 Å². The molecule has 1 saturated heterocycles. The maximum absolute atomic E-state index is 11.2. The Hall–Kier alpha value is -1.75. The summed E-state index contributed by atoms with van der Waals surface area (Å²) in [5.41, 5.74) is 12.3. The van der Waals surface area contributed by atoms with Gasteiger partial charge >= 0.3 is 0 Å².